The lowest BCUT2D eigenvalue weighted by Gasteiger charge is -2.37. The van der Waals surface area contributed by atoms with Crippen LogP contribution in [0.5, 0.6) is 0 Å². The Morgan fingerprint density at radius 3 is 2.70 bits per heavy atom. The molecule has 182 valence electrons. The second-order valence-corrected chi connectivity index (χ2v) is 8.97. The number of likely N-dealkylation sites (tertiary alicyclic amines) is 1. The molecule has 0 saturated carbocycles. The second kappa shape index (κ2) is 9.71. The molecule has 2 saturated heterocycles. The van der Waals surface area contributed by atoms with E-state index < -0.39 is 42.5 Å². The minimum absolute atomic E-state index is 0.243. The zero-order chi connectivity index (χ0) is 23.8. The number of alkyl halides is 4. The van der Waals surface area contributed by atoms with Crippen molar-refractivity contribution < 1.29 is 27.4 Å². The third-order valence-corrected chi connectivity index (χ3v) is 6.49. The Balaban J connectivity index is 1.61. The van der Waals surface area contributed by atoms with E-state index in [0.29, 0.717) is 30.6 Å². The number of halogens is 4. The minimum Gasteiger partial charge on any atom is -0.379 e. The summed E-state index contributed by atoms with van der Waals surface area (Å²) in [6.07, 6.45) is -2.10. The van der Waals surface area contributed by atoms with Crippen molar-refractivity contribution in [3.63, 3.8) is 0 Å². The van der Waals surface area contributed by atoms with E-state index in [-0.39, 0.29) is 12.6 Å². The Kier molecular flexibility index (Phi) is 7.11. The first-order chi connectivity index (χ1) is 15.6. The van der Waals surface area contributed by atoms with E-state index in [9.17, 15) is 22.7 Å². The summed E-state index contributed by atoms with van der Waals surface area (Å²) in [7, 11) is 1.87. The minimum atomic E-state index is -4.56. The van der Waals surface area contributed by atoms with Crippen LogP contribution in [-0.4, -0.2) is 73.6 Å². The predicted molar refractivity (Wildman–Crippen MR) is 117 cm³/mol. The number of aliphatic hydroxyl groups excluding tert-OH is 1. The number of benzene rings is 1. The second-order valence-electron chi connectivity index (χ2n) is 8.97. The lowest BCUT2D eigenvalue weighted by atomic mass is 9.85. The van der Waals surface area contributed by atoms with Crippen molar-refractivity contribution in [1.82, 2.24) is 15.5 Å². The molecule has 6 atom stereocenters. The maximum atomic E-state index is 14.6. The number of anilines is 1. The molecule has 33 heavy (non-hydrogen) atoms. The predicted octanol–water partition coefficient (Wildman–Crippen LogP) is 2.64. The third kappa shape index (κ3) is 5.58. The number of hydrogen-bond donors (Lipinski definition) is 4. The molecule has 1 aromatic rings. The Labute approximate surface area is 190 Å². The van der Waals surface area contributed by atoms with Crippen LogP contribution in [0, 0.1) is 0 Å². The molecule has 3 unspecified atom stereocenters. The van der Waals surface area contributed by atoms with Gasteiger partial charge in [-0.15, -0.1) is 0 Å². The van der Waals surface area contributed by atoms with E-state index in [1.54, 1.807) is 30.4 Å². The lowest BCUT2D eigenvalue weighted by Crippen LogP contribution is -2.47. The van der Waals surface area contributed by atoms with Gasteiger partial charge in [-0.05, 0) is 37.1 Å². The van der Waals surface area contributed by atoms with Crippen LogP contribution in [0.3, 0.4) is 0 Å². The van der Waals surface area contributed by atoms with Gasteiger partial charge in [-0.2, -0.15) is 13.2 Å². The molecule has 3 aliphatic heterocycles. The summed E-state index contributed by atoms with van der Waals surface area (Å²) in [5.74, 6) is 0. The molecule has 4 rings (SSSR count). The molecule has 3 aliphatic rings. The Bertz CT molecular complexity index is 894. The van der Waals surface area contributed by atoms with Gasteiger partial charge in [0.25, 0.3) is 0 Å². The summed E-state index contributed by atoms with van der Waals surface area (Å²) in [5, 5.41) is 18.6. The maximum Gasteiger partial charge on any atom is 0.413 e. The molecule has 2 fully saturated rings. The van der Waals surface area contributed by atoms with Gasteiger partial charge in [0.1, 0.15) is 6.17 Å². The first kappa shape index (κ1) is 24.2. The highest BCUT2D eigenvalue weighted by atomic mass is 19.4. The van der Waals surface area contributed by atoms with Crippen LogP contribution in [0.4, 0.5) is 23.2 Å². The van der Waals surface area contributed by atoms with E-state index in [2.05, 4.69) is 22.5 Å². The molecule has 0 radical (unpaired) electrons. The van der Waals surface area contributed by atoms with Crippen LogP contribution in [0.1, 0.15) is 23.6 Å². The Hall–Kier alpha value is -1.98. The van der Waals surface area contributed by atoms with Crippen molar-refractivity contribution in [3.8, 4) is 0 Å². The Morgan fingerprint density at radius 1 is 1.27 bits per heavy atom. The van der Waals surface area contributed by atoms with Gasteiger partial charge in [0.15, 0.2) is 0 Å². The molecule has 1 aromatic carbocycles. The lowest BCUT2D eigenvalue weighted by molar-refractivity contribution is -0.0968. The van der Waals surface area contributed by atoms with Crippen molar-refractivity contribution in [2.24, 2.45) is 0 Å². The number of piperidine rings is 1. The molecule has 0 aliphatic carbocycles. The van der Waals surface area contributed by atoms with Gasteiger partial charge in [-0.3, -0.25) is 10.6 Å². The highest BCUT2D eigenvalue weighted by Gasteiger charge is 2.41. The van der Waals surface area contributed by atoms with Crippen LogP contribution in [-0.2, 0) is 11.2 Å². The average molecular weight is 471 g/mol. The number of fused-ring (bicyclic) bond motifs is 1. The number of ether oxygens (including phenoxy) is 1. The number of nitrogens with zero attached hydrogens (tertiary/aromatic N) is 1. The Morgan fingerprint density at radius 2 is 2.03 bits per heavy atom. The van der Waals surface area contributed by atoms with E-state index in [0.717, 1.165) is 12.1 Å². The molecule has 6 nitrogen and oxygen atoms in total. The largest absolute Gasteiger partial charge is 0.413 e. The molecule has 10 heteroatoms. The molecule has 3 heterocycles. The highest BCUT2D eigenvalue weighted by Crippen LogP contribution is 2.40. The molecule has 0 spiro atoms. The fraction of sp³-hybridized carbons (Fsp3) is 0.565. The van der Waals surface area contributed by atoms with E-state index in [4.69, 9.17) is 4.74 Å². The summed E-state index contributed by atoms with van der Waals surface area (Å²) >= 11 is 0. The van der Waals surface area contributed by atoms with Gasteiger partial charge in [-0.1, -0.05) is 30.9 Å². The standard InChI is InChI=1S/C23H30F4N4O2/c1-13(23(25,26)27)21-16-4-3-5-19(30-20-8-9-31(2)11-18(20)24)17(16)10-14(28-21)6-7-15-12-33-22(32)29-15/h3-7,14-15,18,20-22,28-30,32H,1,8-12H2,2H3/b7-6+/t14?,15-,18+,20-,21?,22?/m1/s1. The first-order valence-electron chi connectivity index (χ1n) is 11.1. The van der Waals surface area contributed by atoms with Crippen molar-refractivity contribution in [3.05, 3.63) is 53.6 Å². The molecule has 4 N–H and O–H groups in total. The van der Waals surface area contributed by atoms with Crippen LogP contribution < -0.4 is 16.0 Å². The van der Waals surface area contributed by atoms with Crippen LogP contribution >= 0.6 is 0 Å². The number of aliphatic hydroxyl groups is 1. The topological polar surface area (TPSA) is 68.8 Å². The number of nitrogens with one attached hydrogen (secondary N) is 3. The monoisotopic (exact) mass is 470 g/mol. The fourth-order valence-electron chi connectivity index (χ4n) is 4.67. The summed E-state index contributed by atoms with van der Waals surface area (Å²) in [6, 6.07) is 2.98. The normalized spacial score (nSPS) is 33.3. The summed E-state index contributed by atoms with van der Waals surface area (Å²) in [6.45, 7) is 4.66. The quantitative estimate of drug-likeness (QED) is 0.392. The molecular weight excluding hydrogens is 440 g/mol. The van der Waals surface area contributed by atoms with Crippen LogP contribution in [0.2, 0.25) is 0 Å². The number of rotatable bonds is 5. The fourth-order valence-corrected chi connectivity index (χ4v) is 4.67. The van der Waals surface area contributed by atoms with Gasteiger partial charge in [0.05, 0.1) is 24.7 Å². The van der Waals surface area contributed by atoms with Gasteiger partial charge in [-0.25, -0.2) is 4.39 Å². The average Bonchev–Trinajstić information content (AvgIpc) is 3.18. The highest BCUT2D eigenvalue weighted by molar-refractivity contribution is 5.59. The molecule has 0 amide bonds. The molecular formula is C23H30F4N4O2. The SMILES string of the molecule is C=C(C1NC(/C=C/[C@@H]2COC(O)N2)Cc2c(N[C@@H]3CCN(C)C[C@@H]3F)cccc21)C(F)(F)F. The van der Waals surface area contributed by atoms with Gasteiger partial charge in [0, 0.05) is 30.4 Å². The van der Waals surface area contributed by atoms with Crippen LogP contribution in [0.15, 0.2) is 42.5 Å². The molecule has 0 aromatic heterocycles. The zero-order valence-corrected chi connectivity index (χ0v) is 18.4. The summed E-state index contributed by atoms with van der Waals surface area (Å²) in [4.78, 5) is 1.93. The van der Waals surface area contributed by atoms with Gasteiger partial charge in [0.2, 0.25) is 6.41 Å². The maximum absolute atomic E-state index is 14.6. The van der Waals surface area contributed by atoms with Crippen molar-refractivity contribution in [2.75, 3.05) is 32.1 Å². The third-order valence-electron chi connectivity index (χ3n) is 6.49. The smallest absolute Gasteiger partial charge is 0.379 e. The van der Waals surface area contributed by atoms with Gasteiger partial charge < -0.3 is 20.1 Å². The first-order valence-corrected chi connectivity index (χ1v) is 11.1. The van der Waals surface area contributed by atoms with Crippen LogP contribution in [0.25, 0.3) is 0 Å². The summed E-state index contributed by atoms with van der Waals surface area (Å²) < 4.78 is 60.5. The van der Waals surface area contributed by atoms with Gasteiger partial charge >= 0.3 is 6.18 Å². The van der Waals surface area contributed by atoms with E-state index in [1.165, 1.54) is 0 Å². The van der Waals surface area contributed by atoms with Crippen molar-refractivity contribution in [2.45, 2.75) is 55.8 Å². The van der Waals surface area contributed by atoms with Crippen molar-refractivity contribution >= 4 is 5.69 Å². The van der Waals surface area contributed by atoms with E-state index >= 15 is 0 Å². The van der Waals surface area contributed by atoms with E-state index in [1.807, 2.05) is 11.9 Å². The molecule has 0 bridgehead atoms. The van der Waals surface area contributed by atoms with Crippen molar-refractivity contribution in [1.29, 1.82) is 0 Å². The number of hydrogen-bond acceptors (Lipinski definition) is 6. The summed E-state index contributed by atoms with van der Waals surface area (Å²) in [5.41, 5.74) is 0.998. The zero-order valence-electron chi connectivity index (χ0n) is 18.4.